The SMILES string of the molecule is C=C1C=Cc2cc(C)ccc2N1C.CC. The lowest BCUT2D eigenvalue weighted by atomic mass is 10.0. The topological polar surface area (TPSA) is 3.24 Å². The molecule has 1 aliphatic heterocycles. The predicted molar refractivity (Wildman–Crippen MR) is 69.1 cm³/mol. The van der Waals surface area contributed by atoms with E-state index in [2.05, 4.69) is 42.7 Å². The van der Waals surface area contributed by atoms with Crippen LogP contribution in [0.15, 0.2) is 36.6 Å². The molecule has 0 bridgehead atoms. The van der Waals surface area contributed by atoms with Crippen molar-refractivity contribution in [2.45, 2.75) is 20.8 Å². The second-order valence-electron chi connectivity index (χ2n) is 3.45. The number of benzene rings is 1. The lowest BCUT2D eigenvalue weighted by molar-refractivity contribution is 1.13. The van der Waals surface area contributed by atoms with Crippen molar-refractivity contribution >= 4 is 11.8 Å². The minimum absolute atomic E-state index is 1.04. The van der Waals surface area contributed by atoms with E-state index in [0.717, 1.165) is 5.70 Å². The second kappa shape index (κ2) is 4.83. The van der Waals surface area contributed by atoms with Crippen molar-refractivity contribution < 1.29 is 0 Å². The number of allylic oxidation sites excluding steroid dienone is 1. The van der Waals surface area contributed by atoms with Crippen molar-refractivity contribution in [2.75, 3.05) is 11.9 Å². The Morgan fingerprint density at radius 1 is 1.13 bits per heavy atom. The quantitative estimate of drug-likeness (QED) is 0.613. The smallest absolute Gasteiger partial charge is 0.0481 e. The third-order valence-electron chi connectivity index (χ3n) is 2.43. The Morgan fingerprint density at radius 2 is 1.80 bits per heavy atom. The molecule has 1 heteroatoms. The van der Waals surface area contributed by atoms with Gasteiger partial charge in [-0.15, -0.1) is 0 Å². The number of rotatable bonds is 0. The van der Waals surface area contributed by atoms with E-state index in [1.54, 1.807) is 0 Å². The van der Waals surface area contributed by atoms with Gasteiger partial charge in [-0.25, -0.2) is 0 Å². The Labute approximate surface area is 92.7 Å². The molecular weight excluding hydrogens is 182 g/mol. The third-order valence-corrected chi connectivity index (χ3v) is 2.43. The van der Waals surface area contributed by atoms with Gasteiger partial charge in [0.05, 0.1) is 0 Å². The van der Waals surface area contributed by atoms with Gasteiger partial charge >= 0.3 is 0 Å². The van der Waals surface area contributed by atoms with Crippen molar-refractivity contribution in [3.05, 3.63) is 47.7 Å². The van der Waals surface area contributed by atoms with Crippen LogP contribution in [-0.2, 0) is 0 Å². The molecule has 15 heavy (non-hydrogen) atoms. The number of anilines is 1. The van der Waals surface area contributed by atoms with E-state index in [4.69, 9.17) is 0 Å². The monoisotopic (exact) mass is 201 g/mol. The number of nitrogens with zero attached hydrogens (tertiary/aromatic N) is 1. The van der Waals surface area contributed by atoms with Crippen molar-refractivity contribution in [1.82, 2.24) is 0 Å². The summed E-state index contributed by atoms with van der Waals surface area (Å²) >= 11 is 0. The van der Waals surface area contributed by atoms with E-state index in [0.29, 0.717) is 0 Å². The first-order chi connectivity index (χ1) is 7.18. The fourth-order valence-electron chi connectivity index (χ4n) is 1.57. The molecule has 2 rings (SSSR count). The van der Waals surface area contributed by atoms with Crippen LogP contribution in [0.2, 0.25) is 0 Å². The zero-order chi connectivity index (χ0) is 11.4. The standard InChI is InChI=1S/C12H13N.C2H6/c1-9-4-7-12-11(8-9)6-5-10(2)13(12)3;1-2/h4-8H,2H2,1,3H3;1-2H3. The van der Waals surface area contributed by atoms with Crippen LogP contribution in [0.5, 0.6) is 0 Å². The molecule has 1 heterocycles. The molecule has 1 aromatic rings. The molecule has 0 atom stereocenters. The van der Waals surface area contributed by atoms with Crippen LogP contribution in [-0.4, -0.2) is 7.05 Å². The summed E-state index contributed by atoms with van der Waals surface area (Å²) < 4.78 is 0. The summed E-state index contributed by atoms with van der Waals surface area (Å²) in [6.07, 6.45) is 4.16. The summed E-state index contributed by atoms with van der Waals surface area (Å²) in [4.78, 5) is 2.11. The molecule has 0 radical (unpaired) electrons. The number of fused-ring (bicyclic) bond motifs is 1. The molecule has 1 aliphatic rings. The highest BCUT2D eigenvalue weighted by molar-refractivity contribution is 5.76. The lowest BCUT2D eigenvalue weighted by Crippen LogP contribution is -2.17. The molecule has 0 aliphatic carbocycles. The fraction of sp³-hybridized carbons (Fsp3) is 0.286. The molecule has 1 aromatic carbocycles. The number of likely N-dealkylation sites (N-methyl/N-ethyl adjacent to an activating group) is 1. The van der Waals surface area contributed by atoms with Crippen LogP contribution in [0.25, 0.3) is 6.08 Å². The van der Waals surface area contributed by atoms with Crippen LogP contribution >= 0.6 is 0 Å². The summed E-state index contributed by atoms with van der Waals surface area (Å²) in [5.74, 6) is 0. The lowest BCUT2D eigenvalue weighted by Gasteiger charge is -2.25. The molecule has 0 fully saturated rings. The average Bonchev–Trinajstić information content (AvgIpc) is 2.26. The van der Waals surface area contributed by atoms with Crippen LogP contribution in [0, 0.1) is 6.92 Å². The highest BCUT2D eigenvalue weighted by Gasteiger charge is 2.10. The van der Waals surface area contributed by atoms with E-state index in [9.17, 15) is 0 Å². The minimum atomic E-state index is 1.04. The number of hydrogen-bond acceptors (Lipinski definition) is 1. The van der Waals surface area contributed by atoms with Crippen LogP contribution in [0.1, 0.15) is 25.0 Å². The van der Waals surface area contributed by atoms with Crippen molar-refractivity contribution in [1.29, 1.82) is 0 Å². The maximum absolute atomic E-state index is 3.96. The fourth-order valence-corrected chi connectivity index (χ4v) is 1.57. The maximum atomic E-state index is 3.96. The van der Waals surface area contributed by atoms with Crippen LogP contribution < -0.4 is 4.90 Å². The van der Waals surface area contributed by atoms with Crippen molar-refractivity contribution in [2.24, 2.45) is 0 Å². The van der Waals surface area contributed by atoms with E-state index < -0.39 is 0 Å². The maximum Gasteiger partial charge on any atom is 0.0481 e. The first kappa shape index (κ1) is 11.6. The minimum Gasteiger partial charge on any atom is -0.345 e. The van der Waals surface area contributed by atoms with Gasteiger partial charge in [-0.2, -0.15) is 0 Å². The van der Waals surface area contributed by atoms with Crippen LogP contribution in [0.3, 0.4) is 0 Å². The summed E-state index contributed by atoms with van der Waals surface area (Å²) in [6, 6.07) is 6.45. The Bertz CT molecular complexity index is 388. The van der Waals surface area contributed by atoms with E-state index in [1.807, 2.05) is 27.0 Å². The van der Waals surface area contributed by atoms with Crippen molar-refractivity contribution in [3.8, 4) is 0 Å². The normalized spacial score (nSPS) is 13.1. The Morgan fingerprint density at radius 3 is 2.47 bits per heavy atom. The Kier molecular flexibility index (Phi) is 3.73. The van der Waals surface area contributed by atoms with Gasteiger partial charge in [-0.05, 0) is 30.7 Å². The molecule has 0 saturated carbocycles. The molecule has 0 saturated heterocycles. The molecule has 0 spiro atoms. The molecule has 80 valence electrons. The number of hydrogen-bond donors (Lipinski definition) is 0. The summed E-state index contributed by atoms with van der Waals surface area (Å²) in [5, 5.41) is 0. The molecule has 0 N–H and O–H groups in total. The largest absolute Gasteiger partial charge is 0.345 e. The average molecular weight is 201 g/mol. The summed E-state index contributed by atoms with van der Waals surface area (Å²) in [5.41, 5.74) is 4.84. The van der Waals surface area contributed by atoms with Crippen LogP contribution in [0.4, 0.5) is 5.69 Å². The summed E-state index contributed by atoms with van der Waals surface area (Å²) in [6.45, 7) is 10.1. The second-order valence-corrected chi connectivity index (χ2v) is 3.45. The zero-order valence-electron chi connectivity index (χ0n) is 10.0. The van der Waals surface area contributed by atoms with Gasteiger partial charge in [-0.1, -0.05) is 38.1 Å². The van der Waals surface area contributed by atoms with E-state index in [1.165, 1.54) is 16.8 Å². The van der Waals surface area contributed by atoms with Crippen molar-refractivity contribution in [3.63, 3.8) is 0 Å². The molecule has 0 unspecified atom stereocenters. The zero-order valence-corrected chi connectivity index (χ0v) is 10.0. The molecule has 0 aromatic heterocycles. The van der Waals surface area contributed by atoms with E-state index in [-0.39, 0.29) is 0 Å². The van der Waals surface area contributed by atoms with Gasteiger partial charge in [0.15, 0.2) is 0 Å². The first-order valence-corrected chi connectivity index (χ1v) is 5.40. The molecule has 1 nitrogen and oxygen atoms in total. The third kappa shape index (κ3) is 2.30. The first-order valence-electron chi connectivity index (χ1n) is 5.40. The van der Waals surface area contributed by atoms with Gasteiger partial charge in [0.25, 0.3) is 0 Å². The predicted octanol–water partition coefficient (Wildman–Crippen LogP) is 4.00. The van der Waals surface area contributed by atoms with Gasteiger partial charge in [0.2, 0.25) is 0 Å². The van der Waals surface area contributed by atoms with Gasteiger partial charge in [-0.3, -0.25) is 0 Å². The van der Waals surface area contributed by atoms with Gasteiger partial charge < -0.3 is 4.90 Å². The highest BCUT2D eigenvalue weighted by Crippen LogP contribution is 2.29. The Balaban J connectivity index is 0.000000531. The van der Waals surface area contributed by atoms with Gasteiger partial charge in [0.1, 0.15) is 0 Å². The Hall–Kier alpha value is -1.50. The highest BCUT2D eigenvalue weighted by atomic mass is 15.1. The molecular formula is C14H19N. The molecule has 0 amide bonds. The van der Waals surface area contributed by atoms with Gasteiger partial charge in [0, 0.05) is 18.4 Å². The van der Waals surface area contributed by atoms with E-state index >= 15 is 0 Å². The summed E-state index contributed by atoms with van der Waals surface area (Å²) in [7, 11) is 2.04. The number of aryl methyl sites for hydroxylation is 1.